The number of benzene rings is 9. The van der Waals surface area contributed by atoms with Gasteiger partial charge >= 0.3 is 0 Å². The zero-order valence-corrected chi connectivity index (χ0v) is 37.4. The molecule has 4 nitrogen and oxygen atoms in total. The molecule has 0 bridgehead atoms. The summed E-state index contributed by atoms with van der Waals surface area (Å²) in [6.07, 6.45) is 0. The number of hydrogen-bond acceptors (Lipinski definition) is 2. The monoisotopic (exact) mass is 828 g/mol. The van der Waals surface area contributed by atoms with Gasteiger partial charge in [0.2, 0.25) is 0 Å². The molecule has 0 spiro atoms. The molecule has 0 atom stereocenters. The number of nitrogens with zero attached hydrogens (tertiary/aromatic N) is 4. The summed E-state index contributed by atoms with van der Waals surface area (Å²) in [5.74, 6) is 0. The van der Waals surface area contributed by atoms with Crippen LogP contribution in [0.4, 0.5) is 34.1 Å². The second kappa shape index (κ2) is 16.8. The number of para-hydroxylation sites is 2. The highest BCUT2D eigenvalue weighted by atomic mass is 15.1. The van der Waals surface area contributed by atoms with Crippen molar-refractivity contribution < 1.29 is 0 Å². The Morgan fingerprint density at radius 2 is 0.594 bits per heavy atom. The van der Waals surface area contributed by atoms with E-state index in [2.05, 4.69) is 253 Å². The second-order valence-electron chi connectivity index (χ2n) is 16.6. The van der Waals surface area contributed by atoms with E-state index in [0.717, 1.165) is 45.5 Å². The lowest BCUT2D eigenvalue weighted by Gasteiger charge is -2.26. The summed E-state index contributed by atoms with van der Waals surface area (Å²) in [6.45, 7) is 12.6. The Morgan fingerprint density at radius 3 is 0.906 bits per heavy atom. The molecule has 0 aliphatic carbocycles. The minimum absolute atomic E-state index is 1.11. The van der Waals surface area contributed by atoms with E-state index in [1.165, 1.54) is 65.9 Å². The number of hydrogen-bond donors (Lipinski definition) is 0. The van der Waals surface area contributed by atoms with Gasteiger partial charge in [0.1, 0.15) is 0 Å². The zero-order valence-electron chi connectivity index (χ0n) is 37.4. The van der Waals surface area contributed by atoms with Crippen LogP contribution in [0.5, 0.6) is 0 Å². The Hall–Kier alpha value is -7.82. The van der Waals surface area contributed by atoms with Crippen molar-refractivity contribution in [1.82, 2.24) is 9.13 Å². The highest BCUT2D eigenvalue weighted by Gasteiger charge is 2.22. The van der Waals surface area contributed by atoms with Crippen molar-refractivity contribution in [2.24, 2.45) is 0 Å². The molecule has 0 radical (unpaired) electrons. The molecular formula is C60H52N4. The summed E-state index contributed by atoms with van der Waals surface area (Å²) in [4.78, 5) is 4.70. The minimum Gasteiger partial charge on any atom is -0.310 e. The van der Waals surface area contributed by atoms with E-state index < -0.39 is 0 Å². The maximum absolute atomic E-state index is 2.43. The van der Waals surface area contributed by atoms with Gasteiger partial charge in [0.05, 0.1) is 22.1 Å². The van der Waals surface area contributed by atoms with E-state index in [1.807, 2.05) is 13.8 Å². The first-order valence-corrected chi connectivity index (χ1v) is 22.4. The lowest BCUT2D eigenvalue weighted by Crippen LogP contribution is -2.10. The van der Waals surface area contributed by atoms with Crippen molar-refractivity contribution in [2.45, 2.75) is 41.5 Å². The Labute approximate surface area is 376 Å². The summed E-state index contributed by atoms with van der Waals surface area (Å²) in [5.41, 5.74) is 18.7. The first kappa shape index (κ1) is 40.3. The fourth-order valence-corrected chi connectivity index (χ4v) is 9.54. The molecule has 2 aromatic heterocycles. The van der Waals surface area contributed by atoms with Crippen LogP contribution in [0, 0.1) is 27.7 Å². The number of anilines is 6. The van der Waals surface area contributed by atoms with E-state index in [-0.39, 0.29) is 0 Å². The summed E-state index contributed by atoms with van der Waals surface area (Å²) in [6, 6.07) is 75.4. The molecule has 4 heteroatoms. The number of rotatable bonds is 8. The second-order valence-corrected chi connectivity index (χ2v) is 16.6. The molecule has 2 heterocycles. The molecule has 0 N–H and O–H groups in total. The molecule has 0 saturated carbocycles. The normalized spacial score (nSPS) is 11.3. The van der Waals surface area contributed by atoms with Crippen LogP contribution in [-0.2, 0) is 0 Å². The topological polar surface area (TPSA) is 16.3 Å². The molecule has 0 aliphatic rings. The van der Waals surface area contributed by atoms with Crippen LogP contribution in [0.1, 0.15) is 36.1 Å². The largest absolute Gasteiger partial charge is 0.310 e. The average Bonchev–Trinajstić information content (AvgIpc) is 3.84. The van der Waals surface area contributed by atoms with Crippen molar-refractivity contribution in [3.8, 4) is 11.4 Å². The molecule has 0 saturated heterocycles. The molecule has 0 aliphatic heterocycles. The molecule has 312 valence electrons. The van der Waals surface area contributed by atoms with Gasteiger partial charge in [-0.05, 0) is 171 Å². The maximum Gasteiger partial charge on any atom is 0.0548 e. The van der Waals surface area contributed by atoms with E-state index in [9.17, 15) is 0 Å². The van der Waals surface area contributed by atoms with Gasteiger partial charge in [0.15, 0.2) is 0 Å². The molecule has 0 unspecified atom stereocenters. The summed E-state index contributed by atoms with van der Waals surface area (Å²) >= 11 is 0. The molecule has 64 heavy (non-hydrogen) atoms. The Bertz CT molecular complexity index is 3140. The molecule has 9 aromatic carbocycles. The third-order valence-electron chi connectivity index (χ3n) is 12.2. The summed E-state index contributed by atoms with van der Waals surface area (Å²) in [7, 11) is 0. The predicted octanol–water partition coefficient (Wildman–Crippen LogP) is 17.1. The molecular weight excluding hydrogens is 777 g/mol. The quantitative estimate of drug-likeness (QED) is 0.152. The standard InChI is InChI=1S/C58H46N4.C2H6/c1-39-13-9-17-47(35-39)59(48-18-10-14-40(2)36-48)43-25-29-45(30-26-43)61-53-23-7-5-21-51(53)57-55(61)33-34-56-58(57)52-22-6-8-24-54(52)62(56)46-31-27-44(28-32-46)60(49-19-11-15-41(3)37-49)50-20-12-16-42(4)38-50;1-2/h5-38H,1-4H3;1-2H3. The summed E-state index contributed by atoms with van der Waals surface area (Å²) in [5, 5.41) is 5.01. The van der Waals surface area contributed by atoms with Crippen LogP contribution in [0.15, 0.2) is 206 Å². The van der Waals surface area contributed by atoms with E-state index in [1.54, 1.807) is 0 Å². The van der Waals surface area contributed by atoms with Crippen molar-refractivity contribution in [3.05, 3.63) is 229 Å². The van der Waals surface area contributed by atoms with E-state index >= 15 is 0 Å². The molecule has 0 amide bonds. The van der Waals surface area contributed by atoms with Gasteiger partial charge in [-0.2, -0.15) is 0 Å². The van der Waals surface area contributed by atoms with E-state index in [0.29, 0.717) is 0 Å². The maximum atomic E-state index is 2.43. The Morgan fingerprint density at radius 1 is 0.281 bits per heavy atom. The van der Waals surface area contributed by atoms with Gasteiger partial charge in [0, 0.05) is 67.0 Å². The molecule has 11 rings (SSSR count). The highest BCUT2D eigenvalue weighted by molar-refractivity contribution is 6.28. The summed E-state index contributed by atoms with van der Waals surface area (Å²) < 4.78 is 4.87. The SMILES string of the molecule is CC.Cc1cccc(N(c2ccc(-n3c4ccccc4c4c5c6ccccc6n(-c6ccc(N(c7cccc(C)c7)c7cccc(C)c7)cc6)c5ccc43)cc2)c2cccc(C)c2)c1. The Balaban J connectivity index is 0.00000239. The fourth-order valence-electron chi connectivity index (χ4n) is 9.54. The van der Waals surface area contributed by atoms with Crippen LogP contribution in [0.2, 0.25) is 0 Å². The Kier molecular flexibility index (Phi) is 10.6. The smallest absolute Gasteiger partial charge is 0.0548 e. The lowest BCUT2D eigenvalue weighted by atomic mass is 10.1. The zero-order chi connectivity index (χ0) is 43.9. The first-order valence-electron chi connectivity index (χ1n) is 22.4. The van der Waals surface area contributed by atoms with Crippen molar-refractivity contribution in [1.29, 1.82) is 0 Å². The van der Waals surface area contributed by atoms with Crippen molar-refractivity contribution >= 4 is 77.7 Å². The number of fused-ring (bicyclic) bond motifs is 7. The van der Waals surface area contributed by atoms with Crippen LogP contribution in [0.3, 0.4) is 0 Å². The van der Waals surface area contributed by atoms with Crippen LogP contribution in [0.25, 0.3) is 55.0 Å². The van der Waals surface area contributed by atoms with Crippen LogP contribution >= 0.6 is 0 Å². The molecule has 11 aromatic rings. The van der Waals surface area contributed by atoms with Gasteiger partial charge in [-0.15, -0.1) is 0 Å². The van der Waals surface area contributed by atoms with Gasteiger partial charge in [-0.25, -0.2) is 0 Å². The minimum atomic E-state index is 1.11. The third-order valence-corrected chi connectivity index (χ3v) is 12.2. The van der Waals surface area contributed by atoms with Gasteiger partial charge in [0.25, 0.3) is 0 Å². The van der Waals surface area contributed by atoms with Gasteiger partial charge < -0.3 is 18.9 Å². The fraction of sp³-hybridized carbons (Fsp3) is 0.100. The van der Waals surface area contributed by atoms with Crippen LogP contribution in [-0.4, -0.2) is 9.13 Å². The third kappa shape index (κ3) is 7.07. The van der Waals surface area contributed by atoms with E-state index in [4.69, 9.17) is 0 Å². The number of aryl methyl sites for hydroxylation is 4. The number of aromatic nitrogens is 2. The average molecular weight is 829 g/mol. The van der Waals surface area contributed by atoms with Crippen LogP contribution < -0.4 is 9.80 Å². The highest BCUT2D eigenvalue weighted by Crippen LogP contribution is 2.44. The predicted molar refractivity (Wildman–Crippen MR) is 275 cm³/mol. The van der Waals surface area contributed by atoms with Gasteiger partial charge in [-0.3, -0.25) is 0 Å². The van der Waals surface area contributed by atoms with Crippen molar-refractivity contribution in [2.75, 3.05) is 9.80 Å². The first-order chi connectivity index (χ1) is 31.4. The van der Waals surface area contributed by atoms with Gasteiger partial charge in [-0.1, -0.05) is 98.8 Å². The molecule has 0 fully saturated rings. The van der Waals surface area contributed by atoms with Crippen molar-refractivity contribution in [3.63, 3.8) is 0 Å². The lowest BCUT2D eigenvalue weighted by molar-refractivity contribution is 1.16.